The summed E-state index contributed by atoms with van der Waals surface area (Å²) < 4.78 is 5.40. The van der Waals surface area contributed by atoms with Crippen LogP contribution in [0.2, 0.25) is 0 Å². The van der Waals surface area contributed by atoms with E-state index in [-0.39, 0.29) is 18.6 Å². The first-order chi connectivity index (χ1) is 11.3. The number of rotatable bonds is 4. The molecule has 2 atom stereocenters. The van der Waals surface area contributed by atoms with Gasteiger partial charge in [0.1, 0.15) is 0 Å². The Hall–Kier alpha value is -0.850. The van der Waals surface area contributed by atoms with Crippen LogP contribution in [0.4, 0.5) is 4.79 Å². The minimum atomic E-state index is 0.0693. The van der Waals surface area contributed by atoms with E-state index in [0.717, 1.165) is 52.2 Å². The third kappa shape index (κ3) is 4.58. The van der Waals surface area contributed by atoms with E-state index in [2.05, 4.69) is 10.2 Å². The molecule has 1 aliphatic carbocycles. The van der Waals surface area contributed by atoms with Gasteiger partial charge in [0.15, 0.2) is 0 Å². The summed E-state index contributed by atoms with van der Waals surface area (Å²) in [6, 6.07) is 0.418. The maximum atomic E-state index is 12.5. The summed E-state index contributed by atoms with van der Waals surface area (Å²) in [6.07, 6.45) is 5.97. The summed E-state index contributed by atoms with van der Waals surface area (Å²) in [4.78, 5) is 16.8. The molecule has 3 rings (SSSR count). The van der Waals surface area contributed by atoms with Crippen LogP contribution < -0.4 is 5.32 Å². The number of carbonyl (C=O) groups is 1. The van der Waals surface area contributed by atoms with Crippen LogP contribution in [0, 0.1) is 11.8 Å². The van der Waals surface area contributed by atoms with Gasteiger partial charge in [0.25, 0.3) is 0 Å². The largest absolute Gasteiger partial charge is 0.396 e. The maximum absolute atomic E-state index is 12.5. The molecule has 3 fully saturated rings. The zero-order valence-corrected chi connectivity index (χ0v) is 14.1. The summed E-state index contributed by atoms with van der Waals surface area (Å²) in [5.41, 5.74) is 0. The number of carbonyl (C=O) groups excluding carboxylic acids is 1. The number of morpholine rings is 1. The van der Waals surface area contributed by atoms with E-state index >= 15 is 0 Å². The lowest BCUT2D eigenvalue weighted by molar-refractivity contribution is 0.0265. The molecule has 6 heteroatoms. The van der Waals surface area contributed by atoms with Crippen molar-refractivity contribution >= 4 is 6.03 Å². The van der Waals surface area contributed by atoms with E-state index < -0.39 is 0 Å². The summed E-state index contributed by atoms with van der Waals surface area (Å²) in [6.45, 7) is 6.09. The Morgan fingerprint density at radius 3 is 2.48 bits per heavy atom. The van der Waals surface area contributed by atoms with Gasteiger partial charge < -0.3 is 20.1 Å². The number of aliphatic hydroxyl groups is 1. The predicted octanol–water partition coefficient (Wildman–Crippen LogP) is 0.901. The van der Waals surface area contributed by atoms with E-state index in [0.29, 0.717) is 18.5 Å². The minimum absolute atomic E-state index is 0.0693. The second-order valence-electron chi connectivity index (χ2n) is 7.31. The molecule has 0 aromatic rings. The van der Waals surface area contributed by atoms with Crippen LogP contribution in [0.3, 0.4) is 0 Å². The average Bonchev–Trinajstić information content (AvgIpc) is 3.00. The van der Waals surface area contributed by atoms with Crippen molar-refractivity contribution in [3.05, 3.63) is 0 Å². The van der Waals surface area contributed by atoms with Gasteiger partial charge in [-0.2, -0.15) is 0 Å². The SMILES string of the molecule is O=C(NC1CCCCC1)N1C[C@@H](CN2CCOCC2)[C@@H](CO)C1. The monoisotopic (exact) mass is 325 g/mol. The van der Waals surface area contributed by atoms with Crippen molar-refractivity contribution in [2.45, 2.75) is 38.1 Å². The summed E-state index contributed by atoms with van der Waals surface area (Å²) in [5.74, 6) is 0.574. The highest BCUT2D eigenvalue weighted by Gasteiger charge is 2.36. The van der Waals surface area contributed by atoms with Gasteiger partial charge in [0.2, 0.25) is 0 Å². The maximum Gasteiger partial charge on any atom is 0.317 e. The summed E-state index contributed by atoms with van der Waals surface area (Å²) >= 11 is 0. The molecule has 2 saturated heterocycles. The zero-order valence-electron chi connectivity index (χ0n) is 14.1. The van der Waals surface area contributed by atoms with Crippen molar-refractivity contribution in [1.82, 2.24) is 15.1 Å². The molecule has 132 valence electrons. The topological polar surface area (TPSA) is 65.0 Å². The Labute approximate surface area is 139 Å². The number of likely N-dealkylation sites (tertiary alicyclic amines) is 1. The molecule has 3 aliphatic rings. The van der Waals surface area contributed by atoms with Crippen LogP contribution in [0.1, 0.15) is 32.1 Å². The Kier molecular flexibility index (Phi) is 6.14. The van der Waals surface area contributed by atoms with Crippen molar-refractivity contribution in [1.29, 1.82) is 0 Å². The molecule has 0 radical (unpaired) electrons. The lowest BCUT2D eigenvalue weighted by atomic mass is 9.96. The molecule has 2 aliphatic heterocycles. The van der Waals surface area contributed by atoms with Crippen molar-refractivity contribution < 1.29 is 14.6 Å². The highest BCUT2D eigenvalue weighted by Crippen LogP contribution is 2.25. The van der Waals surface area contributed by atoms with Gasteiger partial charge in [0, 0.05) is 51.3 Å². The first-order valence-corrected chi connectivity index (χ1v) is 9.22. The number of urea groups is 1. The standard InChI is InChI=1S/C17H31N3O3/c21-13-15-12-20(17(22)18-16-4-2-1-3-5-16)11-14(15)10-19-6-8-23-9-7-19/h14-16,21H,1-13H2,(H,18,22)/t14-,15-/m1/s1. The highest BCUT2D eigenvalue weighted by molar-refractivity contribution is 5.74. The number of hydrogen-bond acceptors (Lipinski definition) is 4. The van der Waals surface area contributed by atoms with Gasteiger partial charge in [-0.1, -0.05) is 19.3 Å². The van der Waals surface area contributed by atoms with Gasteiger partial charge in [-0.25, -0.2) is 4.79 Å². The molecule has 6 nitrogen and oxygen atoms in total. The lowest BCUT2D eigenvalue weighted by Gasteiger charge is -2.30. The molecule has 0 bridgehead atoms. The van der Waals surface area contributed by atoms with Gasteiger partial charge in [-0.3, -0.25) is 4.90 Å². The average molecular weight is 325 g/mol. The van der Waals surface area contributed by atoms with Gasteiger partial charge in [0.05, 0.1) is 13.2 Å². The Balaban J connectivity index is 1.49. The second-order valence-corrected chi connectivity index (χ2v) is 7.31. The number of nitrogens with zero attached hydrogens (tertiary/aromatic N) is 2. The fourth-order valence-electron chi connectivity index (χ4n) is 4.15. The number of aliphatic hydroxyl groups excluding tert-OH is 1. The van der Waals surface area contributed by atoms with Crippen LogP contribution in [-0.2, 0) is 4.74 Å². The number of hydrogen-bond donors (Lipinski definition) is 2. The Bertz CT molecular complexity index is 381. The quantitative estimate of drug-likeness (QED) is 0.806. The zero-order chi connectivity index (χ0) is 16.1. The predicted molar refractivity (Wildman–Crippen MR) is 88.3 cm³/mol. The molecule has 0 aromatic heterocycles. The molecule has 2 amide bonds. The third-order valence-corrected chi connectivity index (χ3v) is 5.63. The Morgan fingerprint density at radius 2 is 1.78 bits per heavy atom. The molecule has 0 aromatic carbocycles. The van der Waals surface area contributed by atoms with Crippen LogP contribution in [0.15, 0.2) is 0 Å². The van der Waals surface area contributed by atoms with Crippen LogP contribution in [-0.4, -0.2) is 79.5 Å². The minimum Gasteiger partial charge on any atom is -0.396 e. The fraction of sp³-hybridized carbons (Fsp3) is 0.941. The van der Waals surface area contributed by atoms with E-state index in [1.54, 1.807) is 0 Å². The second kappa shape index (κ2) is 8.31. The van der Waals surface area contributed by atoms with Crippen molar-refractivity contribution in [3.63, 3.8) is 0 Å². The Morgan fingerprint density at radius 1 is 1.09 bits per heavy atom. The highest BCUT2D eigenvalue weighted by atomic mass is 16.5. The molecule has 2 heterocycles. The van der Waals surface area contributed by atoms with Crippen molar-refractivity contribution in [2.24, 2.45) is 11.8 Å². The molecule has 0 spiro atoms. The van der Waals surface area contributed by atoms with Crippen molar-refractivity contribution in [3.8, 4) is 0 Å². The van der Waals surface area contributed by atoms with Crippen LogP contribution >= 0.6 is 0 Å². The number of nitrogens with one attached hydrogen (secondary N) is 1. The third-order valence-electron chi connectivity index (χ3n) is 5.63. The van der Waals surface area contributed by atoms with Gasteiger partial charge >= 0.3 is 6.03 Å². The van der Waals surface area contributed by atoms with Gasteiger partial charge in [-0.15, -0.1) is 0 Å². The number of ether oxygens (including phenoxy) is 1. The molecule has 0 unspecified atom stereocenters. The first-order valence-electron chi connectivity index (χ1n) is 9.22. The first kappa shape index (κ1) is 17.0. The molecule has 2 N–H and O–H groups in total. The van der Waals surface area contributed by atoms with Gasteiger partial charge in [-0.05, 0) is 18.8 Å². The van der Waals surface area contributed by atoms with E-state index in [4.69, 9.17) is 4.74 Å². The van der Waals surface area contributed by atoms with Crippen molar-refractivity contribution in [2.75, 3.05) is 52.5 Å². The molecular formula is C17H31N3O3. The summed E-state index contributed by atoms with van der Waals surface area (Å²) in [7, 11) is 0. The fourth-order valence-corrected chi connectivity index (χ4v) is 4.15. The van der Waals surface area contributed by atoms with Crippen LogP contribution in [0.25, 0.3) is 0 Å². The van der Waals surface area contributed by atoms with Crippen LogP contribution in [0.5, 0.6) is 0 Å². The normalized spacial score (nSPS) is 30.6. The molecule has 1 saturated carbocycles. The van der Waals surface area contributed by atoms with E-state index in [1.165, 1.54) is 19.3 Å². The molecular weight excluding hydrogens is 294 g/mol. The van der Waals surface area contributed by atoms with E-state index in [9.17, 15) is 9.90 Å². The lowest BCUT2D eigenvalue weighted by Crippen LogP contribution is -2.45. The molecule has 23 heavy (non-hydrogen) atoms. The smallest absolute Gasteiger partial charge is 0.317 e. The number of amides is 2. The van der Waals surface area contributed by atoms with E-state index in [1.807, 2.05) is 4.90 Å². The summed E-state index contributed by atoms with van der Waals surface area (Å²) in [5, 5.41) is 12.9.